The molecule has 3 rings (SSSR count). The van der Waals surface area contributed by atoms with E-state index in [4.69, 9.17) is 34.8 Å². The Morgan fingerprint density at radius 2 is 1.81 bits per heavy atom. The van der Waals surface area contributed by atoms with Crippen molar-refractivity contribution >= 4 is 40.7 Å². The van der Waals surface area contributed by atoms with Gasteiger partial charge in [-0.3, -0.25) is 14.4 Å². The number of piperazine rings is 1. The molecule has 1 fully saturated rings. The van der Waals surface area contributed by atoms with Crippen molar-refractivity contribution in [2.24, 2.45) is 0 Å². The molecule has 5 nitrogen and oxygen atoms in total. The molecule has 140 valence electrons. The maximum absolute atomic E-state index is 12.9. The van der Waals surface area contributed by atoms with E-state index >= 15 is 0 Å². The third-order valence-corrected chi connectivity index (χ3v) is 5.59. The van der Waals surface area contributed by atoms with Crippen LogP contribution in [0.2, 0.25) is 15.1 Å². The fourth-order valence-corrected chi connectivity index (χ4v) is 3.86. The lowest BCUT2D eigenvalue weighted by atomic mass is 10.1. The van der Waals surface area contributed by atoms with Gasteiger partial charge in [-0.05, 0) is 18.6 Å². The molecule has 1 unspecified atom stereocenters. The quantitative estimate of drug-likeness (QED) is 0.737. The molecule has 1 atom stereocenters. The zero-order valence-electron chi connectivity index (χ0n) is 14.5. The van der Waals surface area contributed by atoms with Crippen molar-refractivity contribution in [3.63, 3.8) is 0 Å². The van der Waals surface area contributed by atoms with Crippen molar-refractivity contribution in [3.8, 4) is 0 Å². The predicted molar refractivity (Wildman–Crippen MR) is 105 cm³/mol. The van der Waals surface area contributed by atoms with Gasteiger partial charge < -0.3 is 4.90 Å². The Labute approximate surface area is 168 Å². The minimum Gasteiger partial charge on any atom is -0.338 e. The molecule has 1 aliphatic heterocycles. The van der Waals surface area contributed by atoms with Gasteiger partial charge in [-0.15, -0.1) is 0 Å². The van der Waals surface area contributed by atoms with Gasteiger partial charge in [0.15, 0.2) is 0 Å². The second-order valence-corrected chi connectivity index (χ2v) is 7.62. The second-order valence-electron chi connectivity index (χ2n) is 6.36. The zero-order chi connectivity index (χ0) is 18.7. The van der Waals surface area contributed by atoms with Gasteiger partial charge in [0.2, 0.25) is 5.91 Å². The van der Waals surface area contributed by atoms with Gasteiger partial charge in [0.05, 0.1) is 11.2 Å². The highest BCUT2D eigenvalue weighted by Gasteiger charge is 2.28. The van der Waals surface area contributed by atoms with E-state index in [9.17, 15) is 4.79 Å². The number of carbonyl (C=O) groups excluding carboxylic acids is 1. The number of benzene rings is 1. The third-order valence-electron chi connectivity index (χ3n) is 4.69. The van der Waals surface area contributed by atoms with Gasteiger partial charge in [-0.1, -0.05) is 47.8 Å². The van der Waals surface area contributed by atoms with E-state index in [1.807, 2.05) is 30.0 Å². The van der Waals surface area contributed by atoms with Crippen molar-refractivity contribution in [1.82, 2.24) is 19.6 Å². The largest absolute Gasteiger partial charge is 0.338 e. The molecule has 0 spiro atoms. The van der Waals surface area contributed by atoms with Crippen LogP contribution in [0.4, 0.5) is 0 Å². The minimum absolute atomic E-state index is 0.0858. The Morgan fingerprint density at radius 1 is 1.15 bits per heavy atom. The number of halogens is 3. The summed E-state index contributed by atoms with van der Waals surface area (Å²) >= 11 is 18.5. The van der Waals surface area contributed by atoms with E-state index in [-0.39, 0.29) is 11.9 Å². The molecule has 2 aromatic rings. The number of hydrogen-bond donors (Lipinski definition) is 0. The first-order chi connectivity index (χ1) is 12.5. The molecular weight excluding hydrogens is 395 g/mol. The average molecular weight is 416 g/mol. The van der Waals surface area contributed by atoms with Crippen LogP contribution in [0, 0.1) is 0 Å². The molecule has 26 heavy (non-hydrogen) atoms. The molecule has 8 heteroatoms. The Bertz CT molecular complexity index is 751. The Hall–Kier alpha value is -1.27. The van der Waals surface area contributed by atoms with Gasteiger partial charge in [-0.2, -0.15) is 5.10 Å². The lowest BCUT2D eigenvalue weighted by Gasteiger charge is -2.36. The fourth-order valence-electron chi connectivity index (χ4n) is 3.20. The normalized spacial score (nSPS) is 16.7. The lowest BCUT2D eigenvalue weighted by molar-refractivity contribution is -0.137. The first-order valence-corrected chi connectivity index (χ1v) is 9.76. The van der Waals surface area contributed by atoms with Crippen LogP contribution in [0.3, 0.4) is 0 Å². The van der Waals surface area contributed by atoms with Crippen LogP contribution >= 0.6 is 34.8 Å². The third kappa shape index (κ3) is 4.34. The molecule has 1 aromatic carbocycles. The van der Waals surface area contributed by atoms with Crippen molar-refractivity contribution in [1.29, 1.82) is 0 Å². The maximum atomic E-state index is 12.9. The van der Waals surface area contributed by atoms with Gasteiger partial charge in [0.25, 0.3) is 0 Å². The highest BCUT2D eigenvalue weighted by molar-refractivity contribution is 6.36. The average Bonchev–Trinajstić information content (AvgIpc) is 3.05. The van der Waals surface area contributed by atoms with Crippen LogP contribution < -0.4 is 0 Å². The van der Waals surface area contributed by atoms with E-state index in [2.05, 4.69) is 10.00 Å². The van der Waals surface area contributed by atoms with Crippen molar-refractivity contribution in [2.45, 2.75) is 25.9 Å². The Kier molecular flexibility index (Phi) is 6.46. The second kappa shape index (κ2) is 8.61. The Balaban J connectivity index is 1.60. The molecule has 0 bridgehead atoms. The summed E-state index contributed by atoms with van der Waals surface area (Å²) in [6, 6.07) is 5.23. The van der Waals surface area contributed by atoms with E-state index in [1.165, 1.54) is 0 Å². The number of nitrogens with zero attached hydrogens (tertiary/aromatic N) is 4. The molecular formula is C18H21Cl3N4O. The molecule has 1 aliphatic rings. The van der Waals surface area contributed by atoms with Crippen LogP contribution in [0.1, 0.15) is 24.9 Å². The molecule has 1 aromatic heterocycles. The molecule has 0 saturated carbocycles. The standard InChI is InChI=1S/C18H21Cl3N4O/c1-2-17(25-11-13(19)10-22-25)18(26)24-8-6-23(7-9-24)12-14-15(20)4-3-5-16(14)21/h3-5,10-11,17H,2,6-9,12H2,1H3. The summed E-state index contributed by atoms with van der Waals surface area (Å²) < 4.78 is 1.65. The van der Waals surface area contributed by atoms with Gasteiger partial charge in [0, 0.05) is 54.5 Å². The van der Waals surface area contributed by atoms with Crippen LogP contribution in [-0.4, -0.2) is 51.7 Å². The number of hydrogen-bond acceptors (Lipinski definition) is 3. The summed E-state index contributed by atoms with van der Waals surface area (Å²) in [5.41, 5.74) is 0.938. The zero-order valence-corrected chi connectivity index (χ0v) is 16.8. The van der Waals surface area contributed by atoms with Crippen molar-refractivity contribution in [2.75, 3.05) is 26.2 Å². The number of rotatable bonds is 5. The molecule has 1 saturated heterocycles. The van der Waals surface area contributed by atoms with Crippen LogP contribution in [0.5, 0.6) is 0 Å². The number of amides is 1. The smallest absolute Gasteiger partial charge is 0.247 e. The summed E-state index contributed by atoms with van der Waals surface area (Å²) in [6.07, 6.45) is 3.93. The summed E-state index contributed by atoms with van der Waals surface area (Å²) in [6.45, 7) is 5.58. The first-order valence-electron chi connectivity index (χ1n) is 8.63. The summed E-state index contributed by atoms with van der Waals surface area (Å²) in [5, 5.41) is 6.09. The highest BCUT2D eigenvalue weighted by atomic mass is 35.5. The van der Waals surface area contributed by atoms with E-state index in [0.29, 0.717) is 41.1 Å². The van der Waals surface area contributed by atoms with Crippen LogP contribution in [-0.2, 0) is 11.3 Å². The van der Waals surface area contributed by atoms with Crippen molar-refractivity contribution < 1.29 is 4.79 Å². The highest BCUT2D eigenvalue weighted by Crippen LogP contribution is 2.26. The van der Waals surface area contributed by atoms with Crippen LogP contribution in [0.25, 0.3) is 0 Å². The summed E-state index contributed by atoms with van der Waals surface area (Å²) in [4.78, 5) is 17.0. The van der Waals surface area contributed by atoms with Crippen molar-refractivity contribution in [3.05, 3.63) is 51.2 Å². The molecule has 1 amide bonds. The number of carbonyl (C=O) groups is 1. The predicted octanol–water partition coefficient (Wildman–Crippen LogP) is 4.14. The van der Waals surface area contributed by atoms with Gasteiger partial charge >= 0.3 is 0 Å². The molecule has 2 heterocycles. The van der Waals surface area contributed by atoms with E-state index < -0.39 is 0 Å². The molecule has 0 radical (unpaired) electrons. The maximum Gasteiger partial charge on any atom is 0.247 e. The Morgan fingerprint density at radius 3 is 2.35 bits per heavy atom. The summed E-state index contributed by atoms with van der Waals surface area (Å²) in [5.74, 6) is 0.0858. The van der Waals surface area contributed by atoms with E-state index in [1.54, 1.807) is 17.1 Å². The fraction of sp³-hybridized carbons (Fsp3) is 0.444. The first kappa shape index (κ1) is 19.5. The minimum atomic E-state index is -0.313. The van der Waals surface area contributed by atoms with Gasteiger partial charge in [0.1, 0.15) is 6.04 Å². The molecule has 0 N–H and O–H groups in total. The van der Waals surface area contributed by atoms with Crippen LogP contribution in [0.15, 0.2) is 30.6 Å². The van der Waals surface area contributed by atoms with Gasteiger partial charge in [-0.25, -0.2) is 0 Å². The molecule has 0 aliphatic carbocycles. The van der Waals surface area contributed by atoms with E-state index in [0.717, 1.165) is 18.7 Å². The number of aromatic nitrogens is 2. The summed E-state index contributed by atoms with van der Waals surface area (Å²) in [7, 11) is 0. The topological polar surface area (TPSA) is 41.4 Å². The lowest BCUT2D eigenvalue weighted by Crippen LogP contribution is -2.50. The SMILES string of the molecule is CCC(C(=O)N1CCN(Cc2c(Cl)cccc2Cl)CC1)n1cc(Cl)cn1. The monoisotopic (exact) mass is 414 g/mol.